The van der Waals surface area contributed by atoms with Gasteiger partial charge in [0, 0.05) is 30.1 Å². The normalized spacial score (nSPS) is 22.8. The molecule has 4 rings (SSSR count). The third kappa shape index (κ3) is 1.33. The van der Waals surface area contributed by atoms with Gasteiger partial charge in [-0.15, -0.1) is 0 Å². The quantitative estimate of drug-likeness (QED) is 0.749. The molecular weight excluding hydrogens is 220 g/mol. The second kappa shape index (κ2) is 3.86. The van der Waals surface area contributed by atoms with E-state index in [4.69, 9.17) is 0 Å². The molecule has 2 nitrogen and oxygen atoms in total. The number of hydrogen-bond acceptors (Lipinski definition) is 1. The number of rotatable bonds is 0. The molecule has 94 valence electrons. The number of aryl methyl sites for hydroxylation is 1. The van der Waals surface area contributed by atoms with E-state index >= 15 is 0 Å². The Bertz CT molecular complexity index is 609. The Labute approximate surface area is 108 Å². The second-order valence-electron chi connectivity index (χ2n) is 5.75. The summed E-state index contributed by atoms with van der Waals surface area (Å²) in [7, 11) is 0. The predicted octanol–water partition coefficient (Wildman–Crippen LogP) is 2.84. The van der Waals surface area contributed by atoms with Gasteiger partial charge < -0.3 is 9.88 Å². The third-order valence-electron chi connectivity index (χ3n) is 4.69. The Morgan fingerprint density at radius 3 is 3.00 bits per heavy atom. The Balaban J connectivity index is 2.10. The van der Waals surface area contributed by atoms with Crippen molar-refractivity contribution in [2.45, 2.75) is 38.6 Å². The summed E-state index contributed by atoms with van der Waals surface area (Å²) >= 11 is 0. The van der Waals surface area contributed by atoms with Crippen molar-refractivity contribution in [2.24, 2.45) is 0 Å². The minimum atomic E-state index is 0.671. The van der Waals surface area contributed by atoms with Gasteiger partial charge in [0.25, 0.3) is 0 Å². The van der Waals surface area contributed by atoms with E-state index in [1.54, 1.807) is 22.3 Å². The Kier molecular flexibility index (Phi) is 2.28. The molecule has 1 aromatic heterocycles. The van der Waals surface area contributed by atoms with Crippen LogP contribution in [0.4, 0.5) is 0 Å². The van der Waals surface area contributed by atoms with Crippen LogP contribution in [0, 0.1) is 0 Å². The van der Waals surface area contributed by atoms with E-state index in [9.17, 15) is 0 Å². The zero-order chi connectivity index (χ0) is 12.1. The smallest absolute Gasteiger partial charge is 0.0520 e. The molecule has 0 saturated carbocycles. The summed E-state index contributed by atoms with van der Waals surface area (Å²) in [6, 6.07) is 7.57. The highest BCUT2D eigenvalue weighted by molar-refractivity contribution is 5.89. The summed E-state index contributed by atoms with van der Waals surface area (Å²) in [6.45, 7) is 4.64. The molecule has 2 aromatic rings. The number of nitrogens with zero attached hydrogens (tertiary/aromatic N) is 1. The van der Waals surface area contributed by atoms with Gasteiger partial charge in [0.15, 0.2) is 0 Å². The van der Waals surface area contributed by atoms with E-state index in [1.165, 1.54) is 31.1 Å². The van der Waals surface area contributed by atoms with Crippen molar-refractivity contribution < 1.29 is 0 Å². The van der Waals surface area contributed by atoms with Crippen molar-refractivity contribution in [2.75, 3.05) is 13.1 Å². The van der Waals surface area contributed by atoms with Gasteiger partial charge >= 0.3 is 0 Å². The van der Waals surface area contributed by atoms with Crippen molar-refractivity contribution >= 4 is 10.9 Å². The lowest BCUT2D eigenvalue weighted by molar-refractivity contribution is 0.487. The standard InChI is InChI=1S/C16H20N2/c1-11-5-6-12-3-2-4-14-13-7-9-17-10-8-15(13)18(11)16(12)14/h2-4,11,17H,5-10H2,1H3. The van der Waals surface area contributed by atoms with Crippen molar-refractivity contribution in [3.63, 3.8) is 0 Å². The van der Waals surface area contributed by atoms with E-state index in [-0.39, 0.29) is 0 Å². The number of aromatic nitrogens is 1. The molecule has 3 heterocycles. The lowest BCUT2D eigenvalue weighted by Crippen LogP contribution is -2.19. The molecule has 1 atom stereocenters. The van der Waals surface area contributed by atoms with Crippen LogP contribution in [0.5, 0.6) is 0 Å². The average Bonchev–Trinajstić information content (AvgIpc) is 2.57. The van der Waals surface area contributed by atoms with Gasteiger partial charge in [0.2, 0.25) is 0 Å². The monoisotopic (exact) mass is 240 g/mol. The van der Waals surface area contributed by atoms with Crippen molar-refractivity contribution in [1.82, 2.24) is 9.88 Å². The van der Waals surface area contributed by atoms with E-state index in [2.05, 4.69) is 35.0 Å². The highest BCUT2D eigenvalue weighted by Crippen LogP contribution is 2.38. The first-order valence-electron chi connectivity index (χ1n) is 7.20. The van der Waals surface area contributed by atoms with Crippen LogP contribution in [0.15, 0.2) is 18.2 Å². The predicted molar refractivity (Wildman–Crippen MR) is 75.2 cm³/mol. The summed E-state index contributed by atoms with van der Waals surface area (Å²) in [6.07, 6.45) is 4.92. The minimum Gasteiger partial charge on any atom is -0.341 e. The number of benzene rings is 1. The zero-order valence-electron chi connectivity index (χ0n) is 11.0. The van der Waals surface area contributed by atoms with Crippen molar-refractivity contribution in [3.05, 3.63) is 35.0 Å². The molecule has 1 aromatic carbocycles. The van der Waals surface area contributed by atoms with Gasteiger partial charge in [-0.2, -0.15) is 0 Å². The third-order valence-corrected chi connectivity index (χ3v) is 4.69. The maximum absolute atomic E-state index is 3.53. The van der Waals surface area contributed by atoms with Gasteiger partial charge in [0.1, 0.15) is 0 Å². The molecule has 0 spiro atoms. The van der Waals surface area contributed by atoms with Crippen LogP contribution in [-0.2, 0) is 19.3 Å². The molecule has 0 amide bonds. The maximum atomic E-state index is 3.53. The fraction of sp³-hybridized carbons (Fsp3) is 0.500. The molecule has 1 unspecified atom stereocenters. The molecule has 2 heteroatoms. The number of hydrogen-bond donors (Lipinski definition) is 1. The summed E-state index contributed by atoms with van der Waals surface area (Å²) in [5.74, 6) is 0. The molecule has 0 bridgehead atoms. The van der Waals surface area contributed by atoms with Gasteiger partial charge in [-0.1, -0.05) is 18.2 Å². The summed E-state index contributed by atoms with van der Waals surface area (Å²) < 4.78 is 2.65. The Hall–Kier alpha value is -1.28. The highest BCUT2D eigenvalue weighted by atomic mass is 15.0. The topological polar surface area (TPSA) is 17.0 Å². The van der Waals surface area contributed by atoms with Crippen LogP contribution in [-0.4, -0.2) is 17.7 Å². The molecule has 0 aliphatic carbocycles. The van der Waals surface area contributed by atoms with Gasteiger partial charge in [-0.05, 0) is 43.9 Å². The largest absolute Gasteiger partial charge is 0.341 e. The van der Waals surface area contributed by atoms with Crippen molar-refractivity contribution in [1.29, 1.82) is 0 Å². The van der Waals surface area contributed by atoms with E-state index in [1.807, 2.05) is 0 Å². The van der Waals surface area contributed by atoms with Crippen LogP contribution in [0.3, 0.4) is 0 Å². The van der Waals surface area contributed by atoms with Crippen LogP contribution in [0.1, 0.15) is 36.2 Å². The fourth-order valence-electron chi connectivity index (χ4n) is 3.83. The first-order valence-corrected chi connectivity index (χ1v) is 7.20. The lowest BCUT2D eigenvalue weighted by atomic mass is 9.99. The maximum Gasteiger partial charge on any atom is 0.0520 e. The summed E-state index contributed by atoms with van der Waals surface area (Å²) in [4.78, 5) is 0. The molecule has 2 aliphatic rings. The molecule has 18 heavy (non-hydrogen) atoms. The van der Waals surface area contributed by atoms with Gasteiger partial charge in [0.05, 0.1) is 5.52 Å². The van der Waals surface area contributed by atoms with Gasteiger partial charge in [-0.3, -0.25) is 0 Å². The SMILES string of the molecule is CC1CCc2cccc3c4c(n1c23)CCNCC4. The molecular formula is C16H20N2. The zero-order valence-corrected chi connectivity index (χ0v) is 11.0. The molecule has 0 fully saturated rings. The first kappa shape index (κ1) is 10.6. The second-order valence-corrected chi connectivity index (χ2v) is 5.75. The first-order chi connectivity index (χ1) is 8.86. The van der Waals surface area contributed by atoms with Crippen molar-refractivity contribution in [3.8, 4) is 0 Å². The van der Waals surface area contributed by atoms with Gasteiger partial charge in [-0.25, -0.2) is 0 Å². The molecule has 1 N–H and O–H groups in total. The van der Waals surface area contributed by atoms with Crippen LogP contribution in [0.25, 0.3) is 10.9 Å². The van der Waals surface area contributed by atoms with E-state index in [0.29, 0.717) is 6.04 Å². The summed E-state index contributed by atoms with van der Waals surface area (Å²) in [5, 5.41) is 5.06. The minimum absolute atomic E-state index is 0.671. The lowest BCUT2D eigenvalue weighted by Gasteiger charge is -2.25. The Morgan fingerprint density at radius 2 is 2.06 bits per heavy atom. The molecule has 0 saturated heterocycles. The number of fused-ring (bicyclic) bond motifs is 3. The fourth-order valence-corrected chi connectivity index (χ4v) is 3.83. The summed E-state index contributed by atoms with van der Waals surface area (Å²) in [5.41, 5.74) is 6.33. The molecule has 2 aliphatic heterocycles. The van der Waals surface area contributed by atoms with Crippen LogP contribution in [0.2, 0.25) is 0 Å². The number of nitrogens with one attached hydrogen (secondary N) is 1. The average molecular weight is 240 g/mol. The van der Waals surface area contributed by atoms with E-state index < -0.39 is 0 Å². The Morgan fingerprint density at radius 1 is 1.17 bits per heavy atom. The van der Waals surface area contributed by atoms with Crippen LogP contribution < -0.4 is 5.32 Å². The molecule has 0 radical (unpaired) electrons. The highest BCUT2D eigenvalue weighted by Gasteiger charge is 2.25. The number of para-hydroxylation sites is 1. The van der Waals surface area contributed by atoms with Crippen LogP contribution >= 0.6 is 0 Å². The van der Waals surface area contributed by atoms with E-state index in [0.717, 1.165) is 13.1 Å².